The van der Waals surface area contributed by atoms with Gasteiger partial charge in [0, 0.05) is 54.9 Å². The van der Waals surface area contributed by atoms with Gasteiger partial charge in [-0.2, -0.15) is 18.3 Å². The molecule has 4 aromatic rings. The van der Waals surface area contributed by atoms with Crippen LogP contribution in [-0.2, 0) is 17.5 Å². The molecule has 2 aromatic heterocycles. The lowest BCUT2D eigenvalue weighted by Gasteiger charge is -2.20. The van der Waals surface area contributed by atoms with Gasteiger partial charge in [0.05, 0.1) is 12.1 Å². The second-order valence-corrected chi connectivity index (χ2v) is 11.7. The highest BCUT2D eigenvalue weighted by atomic mass is 19.4. The molecule has 1 aliphatic carbocycles. The molecule has 3 atom stereocenters. The van der Waals surface area contributed by atoms with E-state index in [9.17, 15) is 22.8 Å². The molecule has 45 heavy (non-hydrogen) atoms. The minimum atomic E-state index is -4.57. The molecule has 238 valence electrons. The maximum atomic E-state index is 13.5. The third kappa shape index (κ3) is 7.70. The van der Waals surface area contributed by atoms with E-state index in [0.29, 0.717) is 35.9 Å². The van der Waals surface area contributed by atoms with Crippen LogP contribution in [0.1, 0.15) is 64.6 Å². The Kier molecular flexibility index (Phi) is 9.86. The highest BCUT2D eigenvalue weighted by molar-refractivity contribution is 6.00. The summed E-state index contributed by atoms with van der Waals surface area (Å²) in [5.41, 5.74) is 1.86. The largest absolute Gasteiger partial charge is 0.439 e. The van der Waals surface area contributed by atoms with Gasteiger partial charge in [0.15, 0.2) is 5.78 Å². The van der Waals surface area contributed by atoms with Crippen molar-refractivity contribution in [1.82, 2.24) is 20.1 Å². The lowest BCUT2D eigenvalue weighted by atomic mass is 9.83. The molecule has 1 N–H and O–H groups in total. The van der Waals surface area contributed by atoms with Crippen LogP contribution in [-0.4, -0.2) is 46.7 Å². The number of halogens is 3. The zero-order chi connectivity index (χ0) is 32.1. The summed E-state index contributed by atoms with van der Waals surface area (Å²) in [5.74, 6) is 0.471. The average Bonchev–Trinajstić information content (AvgIpc) is 3.34. The number of ketones is 1. The first-order valence-corrected chi connectivity index (χ1v) is 15.1. The van der Waals surface area contributed by atoms with E-state index in [0.717, 1.165) is 54.8 Å². The Morgan fingerprint density at radius 3 is 2.51 bits per heavy atom. The maximum Gasteiger partial charge on any atom is 0.433 e. The Balaban J connectivity index is 1.20. The van der Waals surface area contributed by atoms with E-state index >= 15 is 0 Å². The van der Waals surface area contributed by atoms with Gasteiger partial charge in [-0.25, -0.2) is 4.98 Å². The highest BCUT2D eigenvalue weighted by Crippen LogP contribution is 2.36. The van der Waals surface area contributed by atoms with Crippen LogP contribution in [0.15, 0.2) is 60.8 Å². The number of pyridine rings is 1. The van der Waals surface area contributed by atoms with Crippen LogP contribution in [0.2, 0.25) is 0 Å². The van der Waals surface area contributed by atoms with Crippen LogP contribution in [0.5, 0.6) is 11.6 Å². The van der Waals surface area contributed by atoms with Crippen LogP contribution in [0.3, 0.4) is 0 Å². The quantitative estimate of drug-likeness (QED) is 0.114. The summed E-state index contributed by atoms with van der Waals surface area (Å²) in [6.07, 6.45) is 0.961. The Morgan fingerprint density at radius 1 is 1.02 bits per heavy atom. The number of hydrogen-bond acceptors (Lipinski definition) is 6. The smallest absolute Gasteiger partial charge is 0.433 e. The minimum Gasteiger partial charge on any atom is -0.439 e. The van der Waals surface area contributed by atoms with Crippen molar-refractivity contribution in [3.05, 3.63) is 83.2 Å². The second-order valence-electron chi connectivity index (χ2n) is 11.7. The summed E-state index contributed by atoms with van der Waals surface area (Å²) in [6.45, 7) is 5.67. The van der Waals surface area contributed by atoms with Gasteiger partial charge in [0.2, 0.25) is 5.88 Å². The van der Waals surface area contributed by atoms with Crippen molar-refractivity contribution in [3.8, 4) is 11.6 Å². The van der Waals surface area contributed by atoms with Crippen molar-refractivity contribution in [2.24, 2.45) is 17.8 Å². The molecule has 2 unspecified atom stereocenters. The van der Waals surface area contributed by atoms with E-state index in [2.05, 4.69) is 17.2 Å². The normalized spacial score (nSPS) is 18.8. The molecule has 1 saturated carbocycles. The van der Waals surface area contributed by atoms with Crippen LogP contribution < -0.4 is 10.1 Å². The number of aryl methyl sites for hydroxylation is 1. The molecule has 0 bridgehead atoms. The van der Waals surface area contributed by atoms with Gasteiger partial charge in [-0.1, -0.05) is 13.0 Å². The summed E-state index contributed by atoms with van der Waals surface area (Å²) in [5, 5.41) is 8.59. The summed E-state index contributed by atoms with van der Waals surface area (Å²) >= 11 is 0. The predicted octanol–water partition coefficient (Wildman–Crippen LogP) is 7.25. The Labute approximate surface area is 259 Å². The molecule has 11 heteroatoms. The Bertz CT molecular complexity index is 1650. The molecule has 0 saturated heterocycles. The van der Waals surface area contributed by atoms with E-state index in [1.165, 1.54) is 12.1 Å². The van der Waals surface area contributed by atoms with E-state index in [4.69, 9.17) is 14.6 Å². The molecule has 5 rings (SSSR count). The van der Waals surface area contributed by atoms with Gasteiger partial charge in [-0.3, -0.25) is 14.3 Å². The number of amides is 1. The number of ether oxygens (including phenoxy) is 2. The van der Waals surface area contributed by atoms with Gasteiger partial charge in [0.25, 0.3) is 5.91 Å². The van der Waals surface area contributed by atoms with E-state index < -0.39 is 11.9 Å². The number of fused-ring (bicyclic) bond motifs is 1. The average molecular weight is 623 g/mol. The SMILES string of the molecule is COCCNC(=O)c1ccc2nn(CC3CCC(C(=O)c4ccc(Oc5cccc(C(F)(F)F)n5)cc4)[C@H](C)CC3)cc2c1C. The molecular weight excluding hydrogens is 585 g/mol. The number of carbonyl (C=O) groups is 2. The highest BCUT2D eigenvalue weighted by Gasteiger charge is 2.33. The van der Waals surface area contributed by atoms with Crippen molar-refractivity contribution < 1.29 is 32.2 Å². The number of nitrogens with zero attached hydrogens (tertiary/aromatic N) is 3. The summed E-state index contributed by atoms with van der Waals surface area (Å²) < 4.78 is 51.4. The van der Waals surface area contributed by atoms with Crippen molar-refractivity contribution in [3.63, 3.8) is 0 Å². The molecule has 2 aromatic carbocycles. The molecule has 0 spiro atoms. The number of aromatic nitrogens is 3. The van der Waals surface area contributed by atoms with Crippen molar-refractivity contribution in [2.45, 2.75) is 52.3 Å². The van der Waals surface area contributed by atoms with Crippen LogP contribution in [0, 0.1) is 24.7 Å². The third-order valence-corrected chi connectivity index (χ3v) is 8.60. The number of carbonyl (C=O) groups excluding carboxylic acids is 2. The third-order valence-electron chi connectivity index (χ3n) is 8.60. The van der Waals surface area contributed by atoms with Crippen molar-refractivity contribution in [2.75, 3.05) is 20.3 Å². The zero-order valence-electron chi connectivity index (χ0n) is 25.6. The number of rotatable bonds is 10. The minimum absolute atomic E-state index is 0.0589. The molecule has 1 amide bonds. The maximum absolute atomic E-state index is 13.5. The van der Waals surface area contributed by atoms with Gasteiger partial charge in [-0.05, 0) is 92.5 Å². The number of benzene rings is 2. The molecular formula is C34H37F3N4O4. The van der Waals surface area contributed by atoms with Gasteiger partial charge in [0.1, 0.15) is 11.4 Å². The first-order chi connectivity index (χ1) is 21.5. The van der Waals surface area contributed by atoms with E-state index in [1.807, 2.05) is 29.9 Å². The molecule has 1 fully saturated rings. The zero-order valence-corrected chi connectivity index (χ0v) is 25.6. The Morgan fingerprint density at radius 2 is 1.78 bits per heavy atom. The summed E-state index contributed by atoms with van der Waals surface area (Å²) in [6, 6.07) is 13.6. The Hall–Kier alpha value is -4.25. The number of hydrogen-bond donors (Lipinski definition) is 1. The molecule has 8 nitrogen and oxygen atoms in total. The van der Waals surface area contributed by atoms with Crippen LogP contribution in [0.25, 0.3) is 10.9 Å². The van der Waals surface area contributed by atoms with Crippen LogP contribution >= 0.6 is 0 Å². The summed E-state index contributed by atoms with van der Waals surface area (Å²) in [4.78, 5) is 29.7. The predicted molar refractivity (Wildman–Crippen MR) is 163 cm³/mol. The summed E-state index contributed by atoms with van der Waals surface area (Å²) in [7, 11) is 1.59. The lowest BCUT2D eigenvalue weighted by molar-refractivity contribution is -0.141. The molecule has 1 aliphatic rings. The molecule has 0 aliphatic heterocycles. The van der Waals surface area contributed by atoms with Gasteiger partial charge in [-0.15, -0.1) is 0 Å². The second kappa shape index (κ2) is 13.8. The fraction of sp³-hybridized carbons (Fsp3) is 0.412. The monoisotopic (exact) mass is 622 g/mol. The fourth-order valence-electron chi connectivity index (χ4n) is 6.01. The first kappa shape index (κ1) is 32.2. The molecule has 0 radical (unpaired) electrons. The van der Waals surface area contributed by atoms with Crippen molar-refractivity contribution >= 4 is 22.6 Å². The number of nitrogens with one attached hydrogen (secondary N) is 1. The number of methoxy groups -OCH3 is 1. The fourth-order valence-corrected chi connectivity index (χ4v) is 6.01. The standard InChI is InChI=1S/C34H37F3N4O4/c1-21-7-8-23(19-41-20-28-22(2)27(15-16-29(28)40-41)33(43)38-17-18-44-3)9-14-26(21)32(42)24-10-12-25(13-11-24)45-31-6-4-5-30(39-31)34(35,36)37/h4-6,10-13,15-16,20-21,23,26H,7-9,14,17-19H2,1-3H3,(H,38,43)/t21-,23?,26?/m1/s1. The topological polar surface area (TPSA) is 95.3 Å². The van der Waals surface area contributed by atoms with E-state index in [-0.39, 0.29) is 29.4 Å². The number of alkyl halides is 3. The van der Waals surface area contributed by atoms with E-state index in [1.54, 1.807) is 31.4 Å². The van der Waals surface area contributed by atoms with Gasteiger partial charge >= 0.3 is 6.18 Å². The lowest BCUT2D eigenvalue weighted by Crippen LogP contribution is -2.27. The van der Waals surface area contributed by atoms with Crippen LogP contribution in [0.4, 0.5) is 13.2 Å². The van der Waals surface area contributed by atoms with Gasteiger partial charge < -0.3 is 14.8 Å². The first-order valence-electron chi connectivity index (χ1n) is 15.1. The molecule has 2 heterocycles. The number of Topliss-reactive ketones (excluding diaryl/α,β-unsaturated/α-hetero) is 1. The van der Waals surface area contributed by atoms with Crippen molar-refractivity contribution in [1.29, 1.82) is 0 Å².